The van der Waals surface area contributed by atoms with Crippen LogP contribution in [-0.4, -0.2) is 19.7 Å². The molecule has 0 spiro atoms. The molecule has 62 valence electrons. The lowest BCUT2D eigenvalue weighted by atomic mass is 10.6. The van der Waals surface area contributed by atoms with E-state index in [0.29, 0.717) is 5.13 Å². The molecule has 0 atom stereocenters. The van der Waals surface area contributed by atoms with E-state index in [2.05, 4.69) is 15.2 Å². The summed E-state index contributed by atoms with van der Waals surface area (Å²) in [5.74, 6) is 0.796. The van der Waals surface area contributed by atoms with E-state index in [4.69, 9.17) is 5.73 Å². The summed E-state index contributed by atoms with van der Waals surface area (Å²) in [7, 11) is 1.90. The van der Waals surface area contributed by atoms with Crippen LogP contribution in [0.1, 0.15) is 0 Å². The van der Waals surface area contributed by atoms with Gasteiger partial charge in [-0.05, 0) is 0 Å². The van der Waals surface area contributed by atoms with Gasteiger partial charge in [-0.3, -0.25) is 0 Å². The molecule has 0 saturated heterocycles. The third kappa shape index (κ3) is 1.06. The Bertz CT molecular complexity index is 390. The van der Waals surface area contributed by atoms with Gasteiger partial charge in [0.05, 0.1) is 0 Å². The molecule has 2 aromatic heterocycles. The first-order valence-electron chi connectivity index (χ1n) is 3.34. The van der Waals surface area contributed by atoms with Gasteiger partial charge < -0.3 is 10.3 Å². The predicted molar refractivity (Wildman–Crippen MR) is 46.5 cm³/mol. The molecule has 0 unspecified atom stereocenters. The van der Waals surface area contributed by atoms with Crippen LogP contribution in [0.25, 0.3) is 10.8 Å². The van der Waals surface area contributed by atoms with E-state index in [1.165, 1.54) is 11.3 Å². The maximum absolute atomic E-state index is 5.44. The number of nitrogens with two attached hydrogens (primary N) is 1. The Hall–Kier alpha value is -1.43. The maximum atomic E-state index is 5.44. The van der Waals surface area contributed by atoms with Crippen LogP contribution in [0, 0.1) is 0 Å². The van der Waals surface area contributed by atoms with Crippen molar-refractivity contribution < 1.29 is 0 Å². The Morgan fingerprint density at radius 1 is 1.50 bits per heavy atom. The minimum Gasteiger partial charge on any atom is -0.374 e. The Balaban J connectivity index is 2.50. The highest BCUT2D eigenvalue weighted by atomic mass is 32.1. The molecule has 0 fully saturated rings. The Labute approximate surface area is 72.9 Å². The molecule has 0 amide bonds. The molecule has 0 bridgehead atoms. The fourth-order valence-electron chi connectivity index (χ4n) is 0.897. The third-order valence-corrected chi connectivity index (χ3v) is 2.20. The van der Waals surface area contributed by atoms with Crippen molar-refractivity contribution in [3.05, 3.63) is 12.4 Å². The highest BCUT2D eigenvalue weighted by Crippen LogP contribution is 2.21. The van der Waals surface area contributed by atoms with Crippen molar-refractivity contribution in [2.75, 3.05) is 5.73 Å². The van der Waals surface area contributed by atoms with Gasteiger partial charge in [-0.15, -0.1) is 10.2 Å². The zero-order valence-corrected chi connectivity index (χ0v) is 7.25. The quantitative estimate of drug-likeness (QED) is 0.696. The lowest BCUT2D eigenvalue weighted by Crippen LogP contribution is -1.90. The summed E-state index contributed by atoms with van der Waals surface area (Å²) in [6.45, 7) is 0. The average Bonchev–Trinajstić information content (AvgIpc) is 2.58. The van der Waals surface area contributed by atoms with Gasteiger partial charge in [0, 0.05) is 19.4 Å². The highest BCUT2D eigenvalue weighted by molar-refractivity contribution is 7.18. The summed E-state index contributed by atoms with van der Waals surface area (Å²) in [4.78, 5) is 4.11. The number of hydrogen-bond acceptors (Lipinski definition) is 5. The molecular formula is C6H7N5S. The largest absolute Gasteiger partial charge is 0.374 e. The molecule has 6 heteroatoms. The van der Waals surface area contributed by atoms with E-state index in [1.54, 1.807) is 6.20 Å². The number of rotatable bonds is 1. The van der Waals surface area contributed by atoms with Gasteiger partial charge in [-0.2, -0.15) is 0 Å². The topological polar surface area (TPSA) is 69.6 Å². The zero-order chi connectivity index (χ0) is 8.55. The van der Waals surface area contributed by atoms with E-state index < -0.39 is 0 Å². The SMILES string of the molecule is Cn1ccnc1-c1nnc(N)s1. The van der Waals surface area contributed by atoms with E-state index in [-0.39, 0.29) is 0 Å². The molecule has 0 radical (unpaired) electrons. The second kappa shape index (κ2) is 2.56. The smallest absolute Gasteiger partial charge is 0.203 e. The number of aryl methyl sites for hydroxylation is 1. The molecular weight excluding hydrogens is 174 g/mol. The number of aromatic nitrogens is 4. The standard InChI is InChI=1S/C6H7N5S/c1-11-3-2-8-4(11)5-9-10-6(7)12-5/h2-3H,1H3,(H2,7,10). The van der Waals surface area contributed by atoms with Crippen molar-refractivity contribution in [1.82, 2.24) is 19.7 Å². The van der Waals surface area contributed by atoms with Crippen LogP contribution in [0.3, 0.4) is 0 Å². The molecule has 2 heterocycles. The Morgan fingerprint density at radius 2 is 2.33 bits per heavy atom. The van der Waals surface area contributed by atoms with E-state index >= 15 is 0 Å². The van der Waals surface area contributed by atoms with Crippen molar-refractivity contribution in [3.8, 4) is 10.8 Å². The summed E-state index contributed by atoms with van der Waals surface area (Å²) in [5, 5.41) is 8.80. The predicted octanol–water partition coefficient (Wildman–Crippen LogP) is 0.521. The third-order valence-electron chi connectivity index (χ3n) is 1.45. The minimum absolute atomic E-state index is 0.466. The average molecular weight is 181 g/mol. The monoisotopic (exact) mass is 181 g/mol. The van der Waals surface area contributed by atoms with Crippen LogP contribution in [0.2, 0.25) is 0 Å². The van der Waals surface area contributed by atoms with Crippen LogP contribution in [-0.2, 0) is 7.05 Å². The molecule has 12 heavy (non-hydrogen) atoms. The molecule has 0 aliphatic rings. The van der Waals surface area contributed by atoms with Crippen LogP contribution in [0.15, 0.2) is 12.4 Å². The summed E-state index contributed by atoms with van der Waals surface area (Å²) in [5.41, 5.74) is 5.44. The number of imidazole rings is 1. The normalized spacial score (nSPS) is 10.4. The van der Waals surface area contributed by atoms with Crippen molar-refractivity contribution in [3.63, 3.8) is 0 Å². The van der Waals surface area contributed by atoms with E-state index in [1.807, 2.05) is 17.8 Å². The van der Waals surface area contributed by atoms with Gasteiger partial charge in [-0.25, -0.2) is 4.98 Å². The first-order valence-corrected chi connectivity index (χ1v) is 4.15. The fraction of sp³-hybridized carbons (Fsp3) is 0.167. The van der Waals surface area contributed by atoms with Gasteiger partial charge in [0.15, 0.2) is 10.8 Å². The minimum atomic E-state index is 0.466. The number of anilines is 1. The highest BCUT2D eigenvalue weighted by Gasteiger charge is 2.07. The molecule has 0 saturated carbocycles. The Kier molecular flexibility index (Phi) is 1.54. The summed E-state index contributed by atoms with van der Waals surface area (Å²) in [6.07, 6.45) is 3.57. The second-order valence-electron chi connectivity index (χ2n) is 2.31. The lowest BCUT2D eigenvalue weighted by Gasteiger charge is -1.93. The van der Waals surface area contributed by atoms with E-state index in [9.17, 15) is 0 Å². The summed E-state index contributed by atoms with van der Waals surface area (Å²) in [6, 6.07) is 0. The van der Waals surface area contributed by atoms with E-state index in [0.717, 1.165) is 10.8 Å². The number of hydrogen-bond donors (Lipinski definition) is 1. The number of nitrogen functional groups attached to an aromatic ring is 1. The van der Waals surface area contributed by atoms with Crippen molar-refractivity contribution in [2.24, 2.45) is 7.05 Å². The van der Waals surface area contributed by atoms with Crippen LogP contribution in [0.5, 0.6) is 0 Å². The van der Waals surface area contributed by atoms with Crippen molar-refractivity contribution in [1.29, 1.82) is 0 Å². The molecule has 0 aliphatic heterocycles. The van der Waals surface area contributed by atoms with Gasteiger partial charge in [0.25, 0.3) is 0 Å². The van der Waals surface area contributed by atoms with Gasteiger partial charge in [0.1, 0.15) is 0 Å². The zero-order valence-electron chi connectivity index (χ0n) is 6.43. The fourth-order valence-corrected chi connectivity index (χ4v) is 1.55. The van der Waals surface area contributed by atoms with Gasteiger partial charge >= 0.3 is 0 Å². The molecule has 2 aromatic rings. The molecule has 0 aliphatic carbocycles. The van der Waals surface area contributed by atoms with Crippen LogP contribution >= 0.6 is 11.3 Å². The molecule has 2 N–H and O–H groups in total. The first-order chi connectivity index (χ1) is 5.77. The first kappa shape index (κ1) is 7.23. The van der Waals surface area contributed by atoms with Crippen molar-refractivity contribution >= 4 is 16.5 Å². The van der Waals surface area contributed by atoms with Gasteiger partial charge in [-0.1, -0.05) is 11.3 Å². The second-order valence-corrected chi connectivity index (χ2v) is 3.32. The lowest BCUT2D eigenvalue weighted by molar-refractivity contribution is 0.916. The Morgan fingerprint density at radius 3 is 2.83 bits per heavy atom. The van der Waals surface area contributed by atoms with Crippen molar-refractivity contribution in [2.45, 2.75) is 0 Å². The summed E-state index contributed by atoms with van der Waals surface area (Å²) >= 11 is 1.33. The molecule has 5 nitrogen and oxygen atoms in total. The molecule has 0 aromatic carbocycles. The molecule has 2 rings (SSSR count). The summed E-state index contributed by atoms with van der Waals surface area (Å²) < 4.78 is 1.87. The maximum Gasteiger partial charge on any atom is 0.203 e. The van der Waals surface area contributed by atoms with Crippen LogP contribution in [0.4, 0.5) is 5.13 Å². The van der Waals surface area contributed by atoms with Crippen LogP contribution < -0.4 is 5.73 Å². The van der Waals surface area contributed by atoms with Gasteiger partial charge in [0.2, 0.25) is 5.13 Å². The number of nitrogens with zero attached hydrogens (tertiary/aromatic N) is 4.